The van der Waals surface area contributed by atoms with Gasteiger partial charge in [0, 0.05) is 12.0 Å². The number of hydrogen-bond donors (Lipinski definition) is 0. The third-order valence-corrected chi connectivity index (χ3v) is 6.95. The Kier molecular flexibility index (Phi) is 4.02. The van der Waals surface area contributed by atoms with Crippen molar-refractivity contribution in [3.05, 3.63) is 38.7 Å². The standard InChI is InChI=1S/C20H26N2S/c1-22(2)20(11-6-3-7-12-20)13-10-18-21-19-16-9-5-4-8-15(16)14-17(19)23-18/h4-5,8,14H,3,6-7,9-13H2,1-2H3. The minimum absolute atomic E-state index is 0.407. The molecule has 0 atom stereocenters. The predicted octanol–water partition coefficient (Wildman–Crippen LogP) is 3.17. The summed E-state index contributed by atoms with van der Waals surface area (Å²) in [4.78, 5) is 7.49. The van der Waals surface area contributed by atoms with Gasteiger partial charge in [0.1, 0.15) is 0 Å². The molecule has 3 aliphatic carbocycles. The smallest absolute Gasteiger partial charge is 0.0939 e. The van der Waals surface area contributed by atoms with E-state index in [0.29, 0.717) is 5.54 Å². The van der Waals surface area contributed by atoms with Gasteiger partial charge in [-0.3, -0.25) is 0 Å². The van der Waals surface area contributed by atoms with Crippen LogP contribution in [0, 0.1) is 0 Å². The summed E-state index contributed by atoms with van der Waals surface area (Å²) < 4.78 is 1.38. The summed E-state index contributed by atoms with van der Waals surface area (Å²) in [5, 5.41) is 2.60. The lowest BCUT2D eigenvalue weighted by atomic mass is 9.77. The molecule has 122 valence electrons. The lowest BCUT2D eigenvalue weighted by Gasteiger charge is -2.43. The van der Waals surface area contributed by atoms with E-state index in [2.05, 4.69) is 43.3 Å². The fraction of sp³-hybridized carbons (Fsp3) is 0.550. The fourth-order valence-electron chi connectivity index (χ4n) is 4.36. The van der Waals surface area contributed by atoms with Gasteiger partial charge < -0.3 is 4.90 Å². The summed E-state index contributed by atoms with van der Waals surface area (Å²) in [6.07, 6.45) is 19.3. The number of nitrogens with zero attached hydrogens (tertiary/aromatic N) is 2. The maximum Gasteiger partial charge on any atom is 0.0939 e. The molecule has 0 saturated heterocycles. The second kappa shape index (κ2) is 6.03. The van der Waals surface area contributed by atoms with Crippen LogP contribution in [0.4, 0.5) is 0 Å². The van der Waals surface area contributed by atoms with Crippen LogP contribution in [0.15, 0.2) is 23.8 Å². The van der Waals surface area contributed by atoms with Crippen molar-refractivity contribution in [1.29, 1.82) is 0 Å². The first-order chi connectivity index (χ1) is 11.2. The molecule has 1 aromatic heterocycles. The Balaban J connectivity index is 1.55. The average Bonchev–Trinajstić information content (AvgIpc) is 3.11. The molecule has 4 rings (SSSR count). The quantitative estimate of drug-likeness (QED) is 0.845. The van der Waals surface area contributed by atoms with Crippen LogP contribution in [0.5, 0.6) is 0 Å². The topological polar surface area (TPSA) is 16.1 Å². The number of fused-ring (bicyclic) bond motifs is 2. The molecule has 3 heteroatoms. The van der Waals surface area contributed by atoms with E-state index in [9.17, 15) is 0 Å². The summed E-state index contributed by atoms with van der Waals surface area (Å²) in [6, 6.07) is 0. The Morgan fingerprint density at radius 2 is 2.04 bits per heavy atom. The van der Waals surface area contributed by atoms with Crippen molar-refractivity contribution in [2.45, 2.75) is 56.9 Å². The number of thiazole rings is 1. The second-order valence-corrected chi connectivity index (χ2v) is 8.49. The van der Waals surface area contributed by atoms with E-state index < -0.39 is 0 Å². The maximum absolute atomic E-state index is 5.01. The van der Waals surface area contributed by atoms with Gasteiger partial charge in [0.25, 0.3) is 0 Å². The van der Waals surface area contributed by atoms with Gasteiger partial charge in [-0.25, -0.2) is 4.98 Å². The fourth-order valence-corrected chi connectivity index (χ4v) is 5.40. The van der Waals surface area contributed by atoms with Crippen molar-refractivity contribution < 1.29 is 0 Å². The van der Waals surface area contributed by atoms with E-state index in [0.717, 1.165) is 12.8 Å². The van der Waals surface area contributed by atoms with E-state index >= 15 is 0 Å². The molecule has 3 aliphatic rings. The van der Waals surface area contributed by atoms with Crippen LogP contribution in [0.2, 0.25) is 0 Å². The Labute approximate surface area is 142 Å². The van der Waals surface area contributed by atoms with Gasteiger partial charge in [-0.05, 0) is 57.0 Å². The highest BCUT2D eigenvalue weighted by Crippen LogP contribution is 2.36. The molecule has 0 spiro atoms. The van der Waals surface area contributed by atoms with Crippen molar-refractivity contribution in [3.8, 4) is 0 Å². The highest BCUT2D eigenvalue weighted by atomic mass is 32.1. The van der Waals surface area contributed by atoms with E-state index in [4.69, 9.17) is 4.98 Å². The van der Waals surface area contributed by atoms with Gasteiger partial charge in [-0.15, -0.1) is 11.3 Å². The lowest BCUT2D eigenvalue weighted by Crippen LogP contribution is -2.46. The van der Waals surface area contributed by atoms with Crippen molar-refractivity contribution in [2.75, 3.05) is 14.1 Å². The normalized spacial score (nSPS) is 21.9. The molecule has 2 nitrogen and oxygen atoms in total. The predicted molar refractivity (Wildman–Crippen MR) is 98.9 cm³/mol. The Hall–Kier alpha value is -1.19. The Bertz CT molecular complexity index is 773. The molecule has 0 amide bonds. The van der Waals surface area contributed by atoms with Crippen LogP contribution in [-0.2, 0) is 6.42 Å². The van der Waals surface area contributed by atoms with Gasteiger partial charge in [-0.1, -0.05) is 37.5 Å². The first kappa shape index (κ1) is 15.3. The third kappa shape index (κ3) is 2.74. The molecule has 1 heterocycles. The van der Waals surface area contributed by atoms with Crippen LogP contribution >= 0.6 is 11.3 Å². The zero-order valence-corrected chi connectivity index (χ0v) is 15.1. The number of rotatable bonds is 4. The van der Waals surface area contributed by atoms with E-state index in [1.165, 1.54) is 64.6 Å². The molecule has 0 bridgehead atoms. The number of aryl methyl sites for hydroxylation is 1. The minimum atomic E-state index is 0.407. The van der Waals surface area contributed by atoms with Crippen molar-refractivity contribution in [1.82, 2.24) is 9.88 Å². The maximum atomic E-state index is 5.01. The van der Waals surface area contributed by atoms with Crippen LogP contribution in [0.1, 0.15) is 50.0 Å². The molecule has 0 N–H and O–H groups in total. The second-order valence-electron chi connectivity index (χ2n) is 7.38. The van der Waals surface area contributed by atoms with Crippen LogP contribution < -0.4 is 9.88 Å². The summed E-state index contributed by atoms with van der Waals surface area (Å²) >= 11 is 1.91. The molecule has 1 saturated carbocycles. The van der Waals surface area contributed by atoms with Gasteiger partial charge in [-0.2, -0.15) is 0 Å². The Morgan fingerprint density at radius 1 is 1.22 bits per heavy atom. The zero-order valence-electron chi connectivity index (χ0n) is 14.3. The van der Waals surface area contributed by atoms with E-state index in [-0.39, 0.29) is 0 Å². The molecule has 0 aliphatic heterocycles. The molecule has 23 heavy (non-hydrogen) atoms. The lowest BCUT2D eigenvalue weighted by molar-refractivity contribution is 0.0907. The van der Waals surface area contributed by atoms with Gasteiger partial charge >= 0.3 is 0 Å². The highest BCUT2D eigenvalue weighted by Gasteiger charge is 2.33. The molecular formula is C20H26N2S. The largest absolute Gasteiger partial charge is 0.304 e. The summed E-state index contributed by atoms with van der Waals surface area (Å²) in [5.74, 6) is 0. The molecule has 1 fully saturated rings. The summed E-state index contributed by atoms with van der Waals surface area (Å²) in [5.41, 5.74) is 3.22. The molecule has 0 unspecified atom stereocenters. The van der Waals surface area contributed by atoms with Crippen LogP contribution in [-0.4, -0.2) is 29.5 Å². The van der Waals surface area contributed by atoms with E-state index in [1.54, 1.807) is 0 Å². The SMILES string of the molecule is CN(C)C1(CCc2nc3c(s2)=CC2=CC=CCC=32)CCCCC1. The van der Waals surface area contributed by atoms with Gasteiger partial charge in [0.05, 0.1) is 14.9 Å². The minimum Gasteiger partial charge on any atom is -0.304 e. The zero-order chi connectivity index (χ0) is 15.9. The number of allylic oxidation sites excluding steroid dienone is 4. The van der Waals surface area contributed by atoms with E-state index in [1.807, 2.05) is 11.3 Å². The summed E-state index contributed by atoms with van der Waals surface area (Å²) in [7, 11) is 4.53. The monoisotopic (exact) mass is 326 g/mol. The first-order valence-electron chi connectivity index (χ1n) is 8.93. The summed E-state index contributed by atoms with van der Waals surface area (Å²) in [6.45, 7) is 0. The number of hydrogen-bond acceptors (Lipinski definition) is 3. The van der Waals surface area contributed by atoms with Gasteiger partial charge in [0.15, 0.2) is 0 Å². The molecular weight excluding hydrogens is 300 g/mol. The van der Waals surface area contributed by atoms with Crippen LogP contribution in [0.25, 0.3) is 11.6 Å². The number of aromatic nitrogens is 1. The highest BCUT2D eigenvalue weighted by molar-refractivity contribution is 7.09. The van der Waals surface area contributed by atoms with Crippen molar-refractivity contribution >= 4 is 23.0 Å². The van der Waals surface area contributed by atoms with Crippen LogP contribution in [0.3, 0.4) is 0 Å². The Morgan fingerprint density at radius 3 is 2.83 bits per heavy atom. The first-order valence-corrected chi connectivity index (χ1v) is 9.75. The van der Waals surface area contributed by atoms with Crippen molar-refractivity contribution in [3.63, 3.8) is 0 Å². The van der Waals surface area contributed by atoms with Crippen molar-refractivity contribution in [2.24, 2.45) is 0 Å². The average molecular weight is 327 g/mol. The molecule has 0 radical (unpaired) electrons. The third-order valence-electron chi connectivity index (χ3n) is 5.89. The molecule has 1 aromatic rings. The molecule has 0 aromatic carbocycles. The van der Waals surface area contributed by atoms with Gasteiger partial charge in [0.2, 0.25) is 0 Å².